The zero-order valence-electron chi connectivity index (χ0n) is 13.6. The first-order valence-electron chi connectivity index (χ1n) is 7.71. The molecule has 0 saturated heterocycles. The summed E-state index contributed by atoms with van der Waals surface area (Å²) in [5.74, 6) is -0.136. The van der Waals surface area contributed by atoms with Crippen LogP contribution in [0.25, 0.3) is 5.69 Å². The summed E-state index contributed by atoms with van der Waals surface area (Å²) in [6.45, 7) is 5.82. The van der Waals surface area contributed by atoms with E-state index in [1.165, 1.54) is 0 Å². The fourth-order valence-electron chi connectivity index (χ4n) is 2.43. The zero-order chi connectivity index (χ0) is 17.0. The van der Waals surface area contributed by atoms with E-state index in [2.05, 4.69) is 10.4 Å². The molecule has 2 N–H and O–H groups in total. The monoisotopic (exact) mass is 335 g/mol. The van der Waals surface area contributed by atoms with Crippen molar-refractivity contribution in [1.82, 2.24) is 15.1 Å². The Morgan fingerprint density at radius 2 is 2.00 bits per heavy atom. The molecule has 124 valence electrons. The third kappa shape index (κ3) is 3.92. The normalized spacial score (nSPS) is 12.2. The van der Waals surface area contributed by atoms with Crippen molar-refractivity contribution < 1.29 is 9.90 Å². The molecule has 0 radical (unpaired) electrons. The third-order valence-electron chi connectivity index (χ3n) is 3.88. The fourth-order valence-corrected chi connectivity index (χ4v) is 2.55. The molecule has 0 aliphatic carbocycles. The smallest absolute Gasteiger partial charge is 0.251 e. The molecule has 23 heavy (non-hydrogen) atoms. The van der Waals surface area contributed by atoms with Gasteiger partial charge in [-0.2, -0.15) is 5.10 Å². The van der Waals surface area contributed by atoms with Crippen LogP contribution in [0.2, 0.25) is 5.02 Å². The maximum Gasteiger partial charge on any atom is 0.251 e. The summed E-state index contributed by atoms with van der Waals surface area (Å²) >= 11 is 6.17. The Kier molecular flexibility index (Phi) is 5.80. The molecule has 5 nitrogen and oxygen atoms in total. The Hall–Kier alpha value is -1.85. The topological polar surface area (TPSA) is 67.2 Å². The number of aryl methyl sites for hydroxylation is 1. The second-order valence-corrected chi connectivity index (χ2v) is 5.91. The maximum atomic E-state index is 12.2. The Morgan fingerprint density at radius 1 is 1.35 bits per heavy atom. The second kappa shape index (κ2) is 7.62. The second-order valence-electron chi connectivity index (χ2n) is 5.53. The predicted molar refractivity (Wildman–Crippen MR) is 91.3 cm³/mol. The van der Waals surface area contributed by atoms with E-state index >= 15 is 0 Å². The van der Waals surface area contributed by atoms with Crippen molar-refractivity contribution in [2.45, 2.75) is 39.7 Å². The number of amides is 1. The minimum Gasteiger partial charge on any atom is -0.396 e. The minimum absolute atomic E-state index is 0.0120. The summed E-state index contributed by atoms with van der Waals surface area (Å²) in [4.78, 5) is 12.2. The van der Waals surface area contributed by atoms with Gasteiger partial charge >= 0.3 is 0 Å². The molecule has 6 heteroatoms. The molecule has 0 aliphatic heterocycles. The van der Waals surface area contributed by atoms with Crippen molar-refractivity contribution in [3.63, 3.8) is 0 Å². The van der Waals surface area contributed by atoms with Crippen molar-refractivity contribution >= 4 is 17.5 Å². The average Bonchev–Trinajstić information content (AvgIpc) is 2.82. The van der Waals surface area contributed by atoms with Crippen molar-refractivity contribution in [2.24, 2.45) is 0 Å². The molecule has 0 spiro atoms. The van der Waals surface area contributed by atoms with Crippen LogP contribution in [0.5, 0.6) is 0 Å². The van der Waals surface area contributed by atoms with Crippen molar-refractivity contribution in [2.75, 3.05) is 6.61 Å². The first-order chi connectivity index (χ1) is 11.0. The number of rotatable bonds is 6. The van der Waals surface area contributed by atoms with E-state index in [9.17, 15) is 4.79 Å². The highest BCUT2D eigenvalue weighted by atomic mass is 35.5. The standard InChI is InChI=1S/C17H22ClN3O2/c1-4-14(9-10-22)19-17(23)13-5-7-15(8-6-13)21-12(3)16(18)11(2)20-21/h5-8,14,22H,4,9-10H2,1-3H3,(H,19,23). The van der Waals surface area contributed by atoms with Gasteiger partial charge in [-0.3, -0.25) is 4.79 Å². The molecule has 1 atom stereocenters. The van der Waals surface area contributed by atoms with Gasteiger partial charge in [0.15, 0.2) is 0 Å². The van der Waals surface area contributed by atoms with Gasteiger partial charge in [0.05, 0.1) is 22.1 Å². The van der Waals surface area contributed by atoms with Crippen LogP contribution >= 0.6 is 11.6 Å². The van der Waals surface area contributed by atoms with E-state index in [1.807, 2.05) is 32.9 Å². The zero-order valence-corrected chi connectivity index (χ0v) is 14.4. The van der Waals surface area contributed by atoms with Gasteiger partial charge in [-0.05, 0) is 51.0 Å². The van der Waals surface area contributed by atoms with Gasteiger partial charge in [-0.15, -0.1) is 0 Å². The van der Waals surface area contributed by atoms with Gasteiger partial charge in [0.1, 0.15) is 0 Å². The molecule has 0 aliphatic rings. The van der Waals surface area contributed by atoms with E-state index < -0.39 is 0 Å². The van der Waals surface area contributed by atoms with Crippen LogP contribution in [0.1, 0.15) is 41.5 Å². The molecule has 0 saturated carbocycles. The summed E-state index contributed by atoms with van der Waals surface area (Å²) in [7, 11) is 0. The Bertz CT molecular complexity index is 680. The number of nitrogens with zero attached hydrogens (tertiary/aromatic N) is 2. The van der Waals surface area contributed by atoms with E-state index in [-0.39, 0.29) is 18.6 Å². The molecule has 0 bridgehead atoms. The highest BCUT2D eigenvalue weighted by molar-refractivity contribution is 6.31. The highest BCUT2D eigenvalue weighted by Crippen LogP contribution is 2.22. The van der Waals surface area contributed by atoms with Gasteiger partial charge in [0.25, 0.3) is 5.91 Å². The Balaban J connectivity index is 2.15. The van der Waals surface area contributed by atoms with Crippen LogP contribution in [0, 0.1) is 13.8 Å². The van der Waals surface area contributed by atoms with Crippen molar-refractivity contribution in [3.8, 4) is 5.69 Å². The number of nitrogens with one attached hydrogen (secondary N) is 1. The van der Waals surface area contributed by atoms with Crippen LogP contribution in [0.3, 0.4) is 0 Å². The first-order valence-corrected chi connectivity index (χ1v) is 8.09. The van der Waals surface area contributed by atoms with Crippen molar-refractivity contribution in [1.29, 1.82) is 0 Å². The van der Waals surface area contributed by atoms with Crippen molar-refractivity contribution in [3.05, 3.63) is 46.2 Å². The van der Waals surface area contributed by atoms with E-state index in [1.54, 1.807) is 16.8 Å². The molecule has 2 aromatic rings. The number of hydrogen-bond acceptors (Lipinski definition) is 3. The van der Waals surface area contributed by atoms with Crippen LogP contribution in [-0.2, 0) is 0 Å². The van der Waals surface area contributed by atoms with Crippen LogP contribution in [-0.4, -0.2) is 33.4 Å². The minimum atomic E-state index is -0.136. The van der Waals surface area contributed by atoms with Gasteiger partial charge in [-0.1, -0.05) is 18.5 Å². The number of aliphatic hydroxyl groups is 1. The third-order valence-corrected chi connectivity index (χ3v) is 4.43. The molecule has 1 aromatic carbocycles. The van der Waals surface area contributed by atoms with E-state index in [0.29, 0.717) is 17.0 Å². The Morgan fingerprint density at radius 3 is 2.48 bits per heavy atom. The summed E-state index contributed by atoms with van der Waals surface area (Å²) in [5.41, 5.74) is 3.09. The Labute approximate surface area is 141 Å². The lowest BCUT2D eigenvalue weighted by Crippen LogP contribution is -2.35. The summed E-state index contributed by atoms with van der Waals surface area (Å²) < 4.78 is 1.76. The molecular formula is C17H22ClN3O2. The van der Waals surface area contributed by atoms with Crippen LogP contribution < -0.4 is 5.32 Å². The molecule has 1 aromatic heterocycles. The SMILES string of the molecule is CCC(CCO)NC(=O)c1ccc(-n2nc(C)c(Cl)c2C)cc1. The van der Waals surface area contributed by atoms with Gasteiger partial charge in [-0.25, -0.2) is 4.68 Å². The molecule has 1 heterocycles. The van der Waals surface area contributed by atoms with E-state index in [4.69, 9.17) is 16.7 Å². The summed E-state index contributed by atoms with van der Waals surface area (Å²) in [6.07, 6.45) is 1.35. The predicted octanol–water partition coefficient (Wildman–Crippen LogP) is 3.03. The molecule has 1 unspecified atom stereocenters. The fraction of sp³-hybridized carbons (Fsp3) is 0.412. The molecular weight excluding hydrogens is 314 g/mol. The van der Waals surface area contributed by atoms with Crippen LogP contribution in [0.4, 0.5) is 0 Å². The highest BCUT2D eigenvalue weighted by Gasteiger charge is 2.13. The van der Waals surface area contributed by atoms with E-state index in [0.717, 1.165) is 23.5 Å². The quantitative estimate of drug-likeness (QED) is 0.852. The number of halogens is 1. The lowest BCUT2D eigenvalue weighted by Gasteiger charge is -2.15. The first kappa shape index (κ1) is 17.5. The number of hydrogen-bond donors (Lipinski definition) is 2. The number of aliphatic hydroxyl groups excluding tert-OH is 1. The lowest BCUT2D eigenvalue weighted by atomic mass is 10.1. The number of benzene rings is 1. The summed E-state index contributed by atoms with van der Waals surface area (Å²) in [5, 5.41) is 17.0. The molecule has 0 fully saturated rings. The van der Waals surface area contributed by atoms with Gasteiger partial charge in [0.2, 0.25) is 0 Å². The lowest BCUT2D eigenvalue weighted by molar-refractivity contribution is 0.0929. The maximum absolute atomic E-state index is 12.2. The molecule has 1 amide bonds. The largest absolute Gasteiger partial charge is 0.396 e. The van der Waals surface area contributed by atoms with Crippen LogP contribution in [0.15, 0.2) is 24.3 Å². The van der Waals surface area contributed by atoms with Gasteiger partial charge < -0.3 is 10.4 Å². The number of carbonyl (C=O) groups is 1. The summed E-state index contributed by atoms with van der Waals surface area (Å²) in [6, 6.07) is 7.21. The van der Waals surface area contributed by atoms with Gasteiger partial charge in [0, 0.05) is 18.2 Å². The number of aromatic nitrogens is 2. The average molecular weight is 336 g/mol. The molecule has 2 rings (SSSR count). The number of carbonyl (C=O) groups excluding carboxylic acids is 1.